The van der Waals surface area contributed by atoms with Crippen LogP contribution < -0.4 is 5.09 Å². The first kappa shape index (κ1) is 23.5. The molecule has 0 aliphatic carbocycles. The van der Waals surface area contributed by atoms with Crippen molar-refractivity contribution in [3.05, 3.63) is 34.7 Å². The van der Waals surface area contributed by atoms with Crippen molar-refractivity contribution in [1.82, 2.24) is 5.09 Å². The molecule has 2 rings (SSSR count). The Hall–Kier alpha value is -1.74. The van der Waals surface area contributed by atoms with Crippen LogP contribution in [0.3, 0.4) is 0 Å². The van der Waals surface area contributed by atoms with E-state index in [0.29, 0.717) is 28.5 Å². The topological polar surface area (TPSA) is 81.7 Å². The van der Waals surface area contributed by atoms with Gasteiger partial charge >= 0.3 is 12.1 Å². The van der Waals surface area contributed by atoms with E-state index in [2.05, 4.69) is 5.09 Å². The Balaban J connectivity index is 2.23. The van der Waals surface area contributed by atoms with Crippen molar-refractivity contribution in [2.45, 2.75) is 38.6 Å². The first-order valence-corrected chi connectivity index (χ1v) is 11.4. The number of thiophene rings is 1. The average Bonchev–Trinajstić information content (AvgIpc) is 3.06. The maximum absolute atomic E-state index is 13.1. The number of hydrogen-bond acceptors (Lipinski definition) is 6. The van der Waals surface area contributed by atoms with Gasteiger partial charge in [-0.25, -0.2) is 5.09 Å². The van der Waals surface area contributed by atoms with E-state index in [9.17, 15) is 27.3 Å². The van der Waals surface area contributed by atoms with Gasteiger partial charge in [-0.1, -0.05) is 13.0 Å². The fourth-order valence-corrected chi connectivity index (χ4v) is 5.34. The smallest absolute Gasteiger partial charge is 0.412 e. The number of rotatable bonds is 10. The number of hydrogen-bond donors (Lipinski definition) is 1. The van der Waals surface area contributed by atoms with Crippen LogP contribution in [0.1, 0.15) is 35.5 Å². The highest BCUT2D eigenvalue weighted by Crippen LogP contribution is 2.48. The highest BCUT2D eigenvalue weighted by molar-refractivity contribution is 7.56. The molecule has 0 aliphatic rings. The van der Waals surface area contributed by atoms with Crippen LogP contribution in [0, 0.1) is 0 Å². The molecule has 2 aromatic rings. The number of fused-ring (bicyclic) bond motifs is 1. The van der Waals surface area contributed by atoms with Gasteiger partial charge < -0.3 is 9.26 Å². The Labute approximate surface area is 169 Å². The Morgan fingerprint density at radius 3 is 2.69 bits per heavy atom. The Morgan fingerprint density at radius 2 is 2.07 bits per heavy atom. The number of ether oxygens (including phenoxy) is 1. The molecular weight excluding hydrogens is 430 g/mol. The van der Waals surface area contributed by atoms with E-state index in [-0.39, 0.29) is 12.8 Å². The van der Waals surface area contributed by atoms with Crippen molar-refractivity contribution in [1.29, 1.82) is 0 Å². The van der Waals surface area contributed by atoms with Gasteiger partial charge in [-0.3, -0.25) is 14.2 Å². The minimum Gasteiger partial charge on any atom is -0.465 e. The van der Waals surface area contributed by atoms with Crippen LogP contribution in [0.5, 0.6) is 0 Å². The molecule has 1 N–H and O–H groups in total. The largest absolute Gasteiger partial charge is 0.465 e. The first-order chi connectivity index (χ1) is 13.5. The number of aldehydes is 1. The molecule has 0 fully saturated rings. The summed E-state index contributed by atoms with van der Waals surface area (Å²) in [6.45, 7) is 1.57. The number of benzene rings is 1. The van der Waals surface area contributed by atoms with Crippen LogP contribution in [0.25, 0.3) is 10.1 Å². The zero-order valence-electron chi connectivity index (χ0n) is 15.8. The zero-order valence-corrected chi connectivity index (χ0v) is 17.5. The third-order valence-corrected chi connectivity index (χ3v) is 6.89. The van der Waals surface area contributed by atoms with Crippen LogP contribution in [0.15, 0.2) is 24.3 Å². The first-order valence-electron chi connectivity index (χ1n) is 8.77. The maximum Gasteiger partial charge on any atom is 0.412 e. The maximum atomic E-state index is 13.1. The standard InChI is InChI=1S/C18H21F3NO5PS/c1-3-6-26-17(24)12(2)22-28(25,27-11-18(19,20)21)10-13-4-5-16-14(7-13)8-15(9-23)29-16/h4-5,7-9,12H,3,6,10-11H2,1-2H3,(H,22,25). The zero-order chi connectivity index (χ0) is 21.7. The molecule has 0 radical (unpaired) electrons. The van der Waals surface area contributed by atoms with Gasteiger partial charge in [0.2, 0.25) is 0 Å². The third kappa shape index (κ3) is 7.22. The quantitative estimate of drug-likeness (QED) is 0.314. The summed E-state index contributed by atoms with van der Waals surface area (Å²) in [6, 6.07) is 5.43. The molecule has 0 amide bonds. The summed E-state index contributed by atoms with van der Waals surface area (Å²) < 4.78 is 61.5. The Bertz CT molecular complexity index is 915. The lowest BCUT2D eigenvalue weighted by molar-refractivity contribution is -0.153. The minimum atomic E-state index is -4.68. The molecule has 0 aliphatic heterocycles. The third-order valence-electron chi connectivity index (χ3n) is 3.74. The van der Waals surface area contributed by atoms with Gasteiger partial charge in [0.05, 0.1) is 17.6 Å². The van der Waals surface area contributed by atoms with Crippen LogP contribution in [-0.4, -0.2) is 37.7 Å². The summed E-state index contributed by atoms with van der Waals surface area (Å²) in [5.74, 6) is -0.730. The number of halogens is 3. The molecule has 29 heavy (non-hydrogen) atoms. The molecule has 11 heteroatoms. The minimum absolute atomic E-state index is 0.145. The molecule has 6 nitrogen and oxygen atoms in total. The number of carbonyl (C=O) groups is 2. The van der Waals surface area contributed by atoms with E-state index < -0.39 is 32.3 Å². The van der Waals surface area contributed by atoms with Crippen LogP contribution >= 0.6 is 18.9 Å². The Kier molecular flexibility index (Phi) is 7.99. The van der Waals surface area contributed by atoms with E-state index in [1.54, 1.807) is 31.2 Å². The highest BCUT2D eigenvalue weighted by atomic mass is 32.1. The summed E-state index contributed by atoms with van der Waals surface area (Å²) in [5, 5.41) is 3.09. The second-order valence-corrected chi connectivity index (χ2v) is 9.67. The predicted molar refractivity (Wildman–Crippen MR) is 104 cm³/mol. The lowest BCUT2D eigenvalue weighted by Crippen LogP contribution is -2.35. The summed E-state index contributed by atoms with van der Waals surface area (Å²) in [7, 11) is -4.09. The summed E-state index contributed by atoms with van der Waals surface area (Å²) in [6.07, 6.45) is -3.77. The van der Waals surface area contributed by atoms with Crippen molar-refractivity contribution in [2.24, 2.45) is 0 Å². The fraction of sp³-hybridized carbons (Fsp3) is 0.444. The molecule has 1 heterocycles. The van der Waals surface area contributed by atoms with Crippen molar-refractivity contribution in [3.63, 3.8) is 0 Å². The van der Waals surface area contributed by atoms with Gasteiger partial charge in [0.1, 0.15) is 6.04 Å². The van der Waals surface area contributed by atoms with E-state index in [1.807, 2.05) is 0 Å². The van der Waals surface area contributed by atoms with E-state index in [1.165, 1.54) is 18.3 Å². The van der Waals surface area contributed by atoms with E-state index in [4.69, 9.17) is 9.26 Å². The van der Waals surface area contributed by atoms with Crippen molar-refractivity contribution < 1.29 is 36.6 Å². The lowest BCUT2D eigenvalue weighted by atomic mass is 10.2. The molecule has 0 saturated heterocycles. The summed E-state index contributed by atoms with van der Waals surface area (Å²) >= 11 is 1.27. The van der Waals surface area contributed by atoms with Crippen LogP contribution in [-0.2, 0) is 24.8 Å². The second-order valence-electron chi connectivity index (χ2n) is 6.38. The van der Waals surface area contributed by atoms with E-state index >= 15 is 0 Å². The molecule has 0 spiro atoms. The number of carbonyl (C=O) groups excluding carboxylic acids is 2. The van der Waals surface area contributed by atoms with E-state index in [0.717, 1.165) is 4.70 Å². The molecule has 160 valence electrons. The highest BCUT2D eigenvalue weighted by Gasteiger charge is 2.36. The molecule has 0 bridgehead atoms. The van der Waals surface area contributed by atoms with Crippen LogP contribution in [0.4, 0.5) is 13.2 Å². The molecule has 1 aromatic heterocycles. The Morgan fingerprint density at radius 1 is 1.34 bits per heavy atom. The van der Waals surface area contributed by atoms with Crippen molar-refractivity contribution >= 4 is 41.2 Å². The molecule has 1 aromatic carbocycles. The monoisotopic (exact) mass is 451 g/mol. The van der Waals surface area contributed by atoms with Crippen molar-refractivity contribution in [3.8, 4) is 0 Å². The summed E-state index contributed by atoms with van der Waals surface area (Å²) in [5.41, 5.74) is 0.444. The SMILES string of the molecule is CCCOC(=O)C(C)NP(=O)(Cc1ccc2sc(C=O)cc2c1)OCC(F)(F)F. The van der Waals surface area contributed by atoms with Gasteiger partial charge in [0, 0.05) is 4.70 Å². The predicted octanol–water partition coefficient (Wildman–Crippen LogP) is 4.92. The average molecular weight is 451 g/mol. The number of esters is 1. The molecule has 0 saturated carbocycles. The van der Waals surface area contributed by atoms with Gasteiger partial charge in [0.15, 0.2) is 12.9 Å². The molecule has 2 atom stereocenters. The normalized spacial score (nSPS) is 15.1. The number of nitrogens with one attached hydrogen (secondary N) is 1. The van der Waals surface area contributed by atoms with Gasteiger partial charge in [-0.15, -0.1) is 11.3 Å². The van der Waals surface area contributed by atoms with Crippen molar-refractivity contribution in [2.75, 3.05) is 13.2 Å². The lowest BCUT2D eigenvalue weighted by Gasteiger charge is -2.23. The van der Waals surface area contributed by atoms with Crippen LogP contribution in [0.2, 0.25) is 0 Å². The fourth-order valence-electron chi connectivity index (χ4n) is 2.49. The molecule has 2 unspecified atom stereocenters. The van der Waals surface area contributed by atoms with Gasteiger partial charge in [-0.05, 0) is 42.5 Å². The molecular formula is C18H21F3NO5PS. The second kappa shape index (κ2) is 9.84. The number of alkyl halides is 3. The van der Waals surface area contributed by atoms with Gasteiger partial charge in [0.25, 0.3) is 7.52 Å². The summed E-state index contributed by atoms with van der Waals surface area (Å²) in [4.78, 5) is 23.3. The van der Waals surface area contributed by atoms with Gasteiger partial charge in [-0.2, -0.15) is 13.2 Å².